The Morgan fingerprint density at radius 3 is 2.70 bits per heavy atom. The van der Waals surface area contributed by atoms with Crippen molar-refractivity contribution in [2.45, 2.75) is 38.3 Å². The second kappa shape index (κ2) is 6.60. The molecule has 0 bridgehead atoms. The van der Waals surface area contributed by atoms with E-state index >= 15 is 0 Å². The normalized spacial score (nSPS) is 22.1. The molecule has 1 aliphatic carbocycles. The maximum Gasteiger partial charge on any atom is 0.225 e. The molecule has 5 heteroatoms. The van der Waals surface area contributed by atoms with Gasteiger partial charge in [-0.1, -0.05) is 18.2 Å². The number of para-hydroxylation sites is 1. The highest BCUT2D eigenvalue weighted by atomic mass is 16.2. The van der Waals surface area contributed by atoms with E-state index in [0.29, 0.717) is 25.6 Å². The lowest BCUT2D eigenvalue weighted by Gasteiger charge is -2.27. The lowest BCUT2D eigenvalue weighted by Crippen LogP contribution is -2.42. The molecule has 1 heterocycles. The maximum atomic E-state index is 12.3. The topological polar surface area (TPSA) is 52.7 Å². The first-order valence-corrected chi connectivity index (χ1v) is 8.41. The molecule has 2 aliphatic rings. The van der Waals surface area contributed by atoms with E-state index in [-0.39, 0.29) is 23.8 Å². The number of rotatable bonds is 6. The molecule has 1 N–H and O–H groups in total. The fourth-order valence-electron chi connectivity index (χ4n) is 3.09. The minimum atomic E-state index is -0.183. The second-order valence-electron chi connectivity index (χ2n) is 6.72. The highest BCUT2D eigenvalue weighted by Gasteiger charge is 2.41. The van der Waals surface area contributed by atoms with Crippen LogP contribution in [0.15, 0.2) is 30.3 Å². The Morgan fingerprint density at radius 2 is 2.04 bits per heavy atom. The molecule has 124 valence electrons. The lowest BCUT2D eigenvalue weighted by atomic mass is 10.1. The van der Waals surface area contributed by atoms with Crippen molar-refractivity contribution in [2.75, 3.05) is 25.0 Å². The molecule has 0 spiro atoms. The van der Waals surface area contributed by atoms with Crippen molar-refractivity contribution in [1.82, 2.24) is 10.2 Å². The van der Waals surface area contributed by atoms with Crippen molar-refractivity contribution in [2.24, 2.45) is 5.92 Å². The fraction of sp³-hybridized carbons (Fsp3) is 0.556. The molecule has 23 heavy (non-hydrogen) atoms. The van der Waals surface area contributed by atoms with Crippen LogP contribution in [0.4, 0.5) is 5.69 Å². The molecule has 0 aromatic heterocycles. The van der Waals surface area contributed by atoms with Gasteiger partial charge in [-0.3, -0.25) is 9.59 Å². The van der Waals surface area contributed by atoms with Gasteiger partial charge in [-0.25, -0.2) is 0 Å². The van der Waals surface area contributed by atoms with Crippen LogP contribution in [0.3, 0.4) is 0 Å². The summed E-state index contributed by atoms with van der Waals surface area (Å²) in [4.78, 5) is 28.3. The second-order valence-corrected chi connectivity index (χ2v) is 6.72. The van der Waals surface area contributed by atoms with Gasteiger partial charge in [-0.05, 0) is 31.9 Å². The van der Waals surface area contributed by atoms with Gasteiger partial charge in [0.1, 0.15) is 0 Å². The van der Waals surface area contributed by atoms with Crippen LogP contribution < -0.4 is 10.2 Å². The van der Waals surface area contributed by atoms with Gasteiger partial charge in [0.05, 0.1) is 5.92 Å². The Kier molecular flexibility index (Phi) is 4.55. The zero-order chi connectivity index (χ0) is 16.4. The number of amides is 2. The highest BCUT2D eigenvalue weighted by Crippen LogP contribution is 2.32. The number of benzene rings is 1. The molecule has 5 nitrogen and oxygen atoms in total. The third kappa shape index (κ3) is 3.66. The van der Waals surface area contributed by atoms with Crippen LogP contribution in [0.1, 0.15) is 26.2 Å². The van der Waals surface area contributed by atoms with Gasteiger partial charge in [0.15, 0.2) is 0 Å². The van der Waals surface area contributed by atoms with E-state index in [4.69, 9.17) is 0 Å². The number of carbonyl (C=O) groups excluding carboxylic acids is 2. The van der Waals surface area contributed by atoms with Crippen LogP contribution in [0.25, 0.3) is 0 Å². The fourth-order valence-corrected chi connectivity index (χ4v) is 3.09. The summed E-state index contributed by atoms with van der Waals surface area (Å²) in [5, 5.41) is 3.02. The number of likely N-dealkylation sites (N-methyl/N-ethyl adjacent to an activating group) is 1. The summed E-state index contributed by atoms with van der Waals surface area (Å²) in [6.07, 6.45) is 2.56. The molecule has 1 saturated heterocycles. The minimum absolute atomic E-state index is 0.00908. The maximum absolute atomic E-state index is 12.3. The monoisotopic (exact) mass is 315 g/mol. The summed E-state index contributed by atoms with van der Waals surface area (Å²) in [7, 11) is 2.03. The SMILES string of the molecule is C[C@@H](CNC(=O)[C@H]1CC(=O)N(C2CC2)C1)N(C)c1ccccc1. The van der Waals surface area contributed by atoms with E-state index in [2.05, 4.69) is 29.3 Å². The van der Waals surface area contributed by atoms with Gasteiger partial charge in [-0.2, -0.15) is 0 Å². The Hall–Kier alpha value is -2.04. The molecule has 0 unspecified atom stereocenters. The standard InChI is InChI=1S/C18H25N3O2/c1-13(20(2)15-6-4-3-5-7-15)11-19-18(23)14-10-17(22)21(12-14)16-8-9-16/h3-7,13-14,16H,8-12H2,1-2H3,(H,19,23)/t13-,14-/m0/s1. The van der Waals surface area contributed by atoms with Crippen LogP contribution in [0.2, 0.25) is 0 Å². The number of likely N-dealkylation sites (tertiary alicyclic amines) is 1. The van der Waals surface area contributed by atoms with E-state index in [1.54, 1.807) is 0 Å². The molecule has 1 aliphatic heterocycles. The van der Waals surface area contributed by atoms with Crippen molar-refractivity contribution in [1.29, 1.82) is 0 Å². The largest absolute Gasteiger partial charge is 0.370 e. The first kappa shape index (κ1) is 15.8. The molecule has 2 amide bonds. The van der Waals surface area contributed by atoms with Gasteiger partial charge in [0.25, 0.3) is 0 Å². The van der Waals surface area contributed by atoms with Crippen molar-refractivity contribution in [3.63, 3.8) is 0 Å². The number of hydrogen-bond donors (Lipinski definition) is 1. The third-order valence-corrected chi connectivity index (χ3v) is 4.91. The Balaban J connectivity index is 1.48. The highest BCUT2D eigenvalue weighted by molar-refractivity contribution is 5.89. The average Bonchev–Trinajstić information content (AvgIpc) is 3.34. The molecule has 3 rings (SSSR count). The molecule has 1 saturated carbocycles. The molecule has 2 atom stereocenters. The van der Waals surface area contributed by atoms with E-state index in [1.807, 2.05) is 30.1 Å². The molecule has 2 fully saturated rings. The predicted octanol–water partition coefficient (Wildman–Crippen LogP) is 1.64. The number of hydrogen-bond acceptors (Lipinski definition) is 3. The minimum Gasteiger partial charge on any atom is -0.370 e. The van der Waals surface area contributed by atoms with Gasteiger partial charge >= 0.3 is 0 Å². The number of anilines is 1. The summed E-state index contributed by atoms with van der Waals surface area (Å²) in [5.74, 6) is -0.0331. The molecule has 1 aromatic carbocycles. The number of nitrogens with zero attached hydrogens (tertiary/aromatic N) is 2. The molecule has 1 aromatic rings. The number of carbonyl (C=O) groups is 2. The van der Waals surface area contributed by atoms with Crippen LogP contribution in [0.5, 0.6) is 0 Å². The average molecular weight is 315 g/mol. The summed E-state index contributed by atoms with van der Waals surface area (Å²) >= 11 is 0. The zero-order valence-electron chi connectivity index (χ0n) is 13.9. The molecular formula is C18H25N3O2. The van der Waals surface area contributed by atoms with Crippen molar-refractivity contribution in [3.05, 3.63) is 30.3 Å². The first-order valence-electron chi connectivity index (χ1n) is 8.41. The van der Waals surface area contributed by atoms with Gasteiger partial charge < -0.3 is 15.1 Å². The summed E-state index contributed by atoms with van der Waals surface area (Å²) in [6.45, 7) is 3.26. The molecule has 0 radical (unpaired) electrons. The Bertz CT molecular complexity index is 571. The quantitative estimate of drug-likeness (QED) is 0.868. The van der Waals surface area contributed by atoms with Crippen LogP contribution in [-0.2, 0) is 9.59 Å². The van der Waals surface area contributed by atoms with E-state index in [9.17, 15) is 9.59 Å². The predicted molar refractivity (Wildman–Crippen MR) is 90.2 cm³/mol. The smallest absolute Gasteiger partial charge is 0.225 e. The summed E-state index contributed by atoms with van der Waals surface area (Å²) < 4.78 is 0. The zero-order valence-corrected chi connectivity index (χ0v) is 13.9. The molecular weight excluding hydrogens is 290 g/mol. The Labute approximate surface area is 137 Å². The van der Waals surface area contributed by atoms with Crippen LogP contribution in [-0.4, -0.2) is 48.9 Å². The van der Waals surface area contributed by atoms with E-state index in [0.717, 1.165) is 18.5 Å². The van der Waals surface area contributed by atoms with Crippen molar-refractivity contribution >= 4 is 17.5 Å². The Morgan fingerprint density at radius 1 is 1.35 bits per heavy atom. The third-order valence-electron chi connectivity index (χ3n) is 4.91. The van der Waals surface area contributed by atoms with Gasteiger partial charge in [0.2, 0.25) is 11.8 Å². The first-order chi connectivity index (χ1) is 11.1. The van der Waals surface area contributed by atoms with Gasteiger partial charge in [0, 0.05) is 44.3 Å². The number of nitrogens with one attached hydrogen (secondary N) is 1. The van der Waals surface area contributed by atoms with Crippen molar-refractivity contribution < 1.29 is 9.59 Å². The summed E-state index contributed by atoms with van der Waals surface area (Å²) in [5.41, 5.74) is 1.13. The summed E-state index contributed by atoms with van der Waals surface area (Å²) in [6, 6.07) is 10.7. The van der Waals surface area contributed by atoms with E-state index in [1.165, 1.54) is 0 Å². The van der Waals surface area contributed by atoms with E-state index < -0.39 is 0 Å². The lowest BCUT2D eigenvalue weighted by molar-refractivity contribution is -0.129. The van der Waals surface area contributed by atoms with Crippen molar-refractivity contribution in [3.8, 4) is 0 Å². The van der Waals surface area contributed by atoms with Gasteiger partial charge in [-0.15, -0.1) is 0 Å². The van der Waals surface area contributed by atoms with Crippen LogP contribution >= 0.6 is 0 Å². The van der Waals surface area contributed by atoms with Crippen LogP contribution in [0, 0.1) is 5.92 Å².